The summed E-state index contributed by atoms with van der Waals surface area (Å²) in [6.45, 7) is 10.2. The molecule has 0 radical (unpaired) electrons. The first-order valence-electron chi connectivity index (χ1n) is 6.31. The van der Waals surface area contributed by atoms with Crippen molar-refractivity contribution in [3.63, 3.8) is 0 Å². The minimum atomic E-state index is -1.63. The summed E-state index contributed by atoms with van der Waals surface area (Å²) in [5, 5.41) is 0. The molecule has 19 heavy (non-hydrogen) atoms. The maximum Gasteiger partial charge on any atom is 0.404 e. The minimum Gasteiger partial charge on any atom is -0.284 e. The zero-order chi connectivity index (χ0) is 14.3. The van der Waals surface area contributed by atoms with Gasteiger partial charge in [-0.15, -0.1) is 17.5 Å². The maximum absolute atomic E-state index is 13.1. The highest BCUT2D eigenvalue weighted by Crippen LogP contribution is 2.19. The lowest BCUT2D eigenvalue weighted by Crippen LogP contribution is -2.30. The third-order valence-corrected chi connectivity index (χ3v) is 6.61. The van der Waals surface area contributed by atoms with Crippen LogP contribution in [0, 0.1) is 0 Å². The van der Waals surface area contributed by atoms with E-state index >= 15 is 0 Å². The van der Waals surface area contributed by atoms with Gasteiger partial charge in [-0.3, -0.25) is 4.90 Å². The number of para-hydroxylation sites is 1. The van der Waals surface area contributed by atoms with Crippen molar-refractivity contribution >= 4 is 19.9 Å². The summed E-state index contributed by atoms with van der Waals surface area (Å²) in [7, 11) is -1.63. The van der Waals surface area contributed by atoms with Crippen molar-refractivity contribution in [3.05, 3.63) is 54.9 Å². The highest BCUT2D eigenvalue weighted by Gasteiger charge is 2.20. The number of amides is 1. The monoisotopic (exact) mass is 277 g/mol. The molecule has 1 amide bonds. The molecule has 1 aromatic carbocycles. The van der Waals surface area contributed by atoms with Crippen LogP contribution >= 0.6 is 0 Å². The number of hydrogen-bond donors (Lipinski definition) is 0. The Morgan fingerprint density at radius 2 is 1.89 bits per heavy atom. The van der Waals surface area contributed by atoms with E-state index in [-0.39, 0.29) is 0 Å². The molecule has 0 aliphatic heterocycles. The van der Waals surface area contributed by atoms with Crippen LogP contribution in [0.4, 0.5) is 14.9 Å². The van der Waals surface area contributed by atoms with Crippen molar-refractivity contribution in [1.29, 1.82) is 0 Å². The molecule has 4 heteroatoms. The van der Waals surface area contributed by atoms with Gasteiger partial charge in [0.1, 0.15) is 0 Å². The topological polar surface area (TPSA) is 20.3 Å². The van der Waals surface area contributed by atoms with Crippen LogP contribution in [0.15, 0.2) is 54.9 Å². The van der Waals surface area contributed by atoms with Gasteiger partial charge in [-0.05, 0) is 24.6 Å². The fourth-order valence-corrected chi connectivity index (χ4v) is 3.33. The number of halogens is 1. The van der Waals surface area contributed by atoms with Crippen LogP contribution in [0.3, 0.4) is 0 Å². The lowest BCUT2D eigenvalue weighted by Gasteiger charge is -2.22. The predicted molar refractivity (Wildman–Crippen MR) is 81.7 cm³/mol. The highest BCUT2D eigenvalue weighted by atomic mass is 28.3. The second-order valence-electron chi connectivity index (χ2n) is 4.76. The van der Waals surface area contributed by atoms with E-state index in [1.54, 1.807) is 24.3 Å². The minimum absolute atomic E-state index is 0.379. The van der Waals surface area contributed by atoms with Crippen molar-refractivity contribution in [3.8, 4) is 0 Å². The normalized spacial score (nSPS) is 10.8. The van der Waals surface area contributed by atoms with Crippen LogP contribution in [-0.2, 0) is 0 Å². The van der Waals surface area contributed by atoms with Crippen LogP contribution in [0.5, 0.6) is 0 Å². The Hall–Kier alpha value is -1.68. The Balaban J connectivity index is 2.64. The van der Waals surface area contributed by atoms with Crippen LogP contribution in [-0.4, -0.2) is 20.8 Å². The van der Waals surface area contributed by atoms with E-state index in [1.807, 2.05) is 17.5 Å². The Morgan fingerprint density at radius 3 is 2.37 bits per heavy atom. The van der Waals surface area contributed by atoms with Crippen molar-refractivity contribution in [2.24, 2.45) is 0 Å². The van der Waals surface area contributed by atoms with Gasteiger partial charge >= 0.3 is 6.16 Å². The number of carbonyl (C=O) groups excluding carboxylic acids is 1. The van der Waals surface area contributed by atoms with Gasteiger partial charge in [0.05, 0.1) is 8.07 Å². The summed E-state index contributed by atoms with van der Waals surface area (Å²) in [6.07, 6.45) is -0.669. The van der Waals surface area contributed by atoms with Crippen molar-refractivity contribution in [2.75, 3.05) is 11.4 Å². The molecule has 0 saturated heterocycles. The van der Waals surface area contributed by atoms with Crippen molar-refractivity contribution in [2.45, 2.75) is 19.0 Å². The molecule has 0 aromatic heterocycles. The standard InChI is InChI=1S/C15H20FNOSi/c1-4-19(3,5-2)13-9-12-17(15(16)18)14-10-7-6-8-11-14/h4-8,10-11H,1-2,9,12-13H2,3H3. The first-order chi connectivity index (χ1) is 9.02. The van der Waals surface area contributed by atoms with E-state index in [0.717, 1.165) is 12.5 Å². The molecule has 0 aliphatic carbocycles. The summed E-state index contributed by atoms with van der Waals surface area (Å²) in [5.41, 5.74) is 4.52. The second-order valence-corrected chi connectivity index (χ2v) is 9.09. The second kappa shape index (κ2) is 7.04. The van der Waals surface area contributed by atoms with Crippen LogP contribution < -0.4 is 4.90 Å². The molecule has 0 heterocycles. The van der Waals surface area contributed by atoms with E-state index in [1.165, 1.54) is 4.90 Å². The molecule has 0 saturated carbocycles. The summed E-state index contributed by atoms with van der Waals surface area (Å²) >= 11 is 0. The zero-order valence-electron chi connectivity index (χ0n) is 11.3. The molecule has 1 rings (SSSR count). The zero-order valence-corrected chi connectivity index (χ0v) is 12.3. The third kappa shape index (κ3) is 4.48. The number of anilines is 1. The first kappa shape index (κ1) is 15.4. The lowest BCUT2D eigenvalue weighted by molar-refractivity contribution is 0.228. The molecule has 1 aromatic rings. The van der Waals surface area contributed by atoms with E-state index in [9.17, 15) is 9.18 Å². The highest BCUT2D eigenvalue weighted by molar-refractivity contribution is 6.87. The van der Waals surface area contributed by atoms with Crippen LogP contribution in [0.25, 0.3) is 0 Å². The predicted octanol–water partition coefficient (Wildman–Crippen LogP) is 4.50. The summed E-state index contributed by atoms with van der Waals surface area (Å²) < 4.78 is 13.1. The largest absolute Gasteiger partial charge is 0.404 e. The van der Waals surface area contributed by atoms with E-state index in [4.69, 9.17) is 0 Å². The first-order valence-corrected chi connectivity index (χ1v) is 9.18. The smallest absolute Gasteiger partial charge is 0.284 e. The molecule has 0 aliphatic rings. The van der Waals surface area contributed by atoms with E-state index in [0.29, 0.717) is 12.2 Å². The average molecular weight is 277 g/mol. The molecule has 0 bridgehead atoms. The Labute approximate surface area is 115 Å². The van der Waals surface area contributed by atoms with E-state index < -0.39 is 14.2 Å². The molecule has 0 atom stereocenters. The van der Waals surface area contributed by atoms with Gasteiger partial charge in [-0.1, -0.05) is 36.1 Å². The summed E-state index contributed by atoms with van der Waals surface area (Å²) in [6, 6.07) is 9.79. The van der Waals surface area contributed by atoms with Crippen molar-refractivity contribution < 1.29 is 9.18 Å². The molecule has 0 N–H and O–H groups in total. The fraction of sp³-hybridized carbons (Fsp3) is 0.267. The maximum atomic E-state index is 13.1. The van der Waals surface area contributed by atoms with Crippen LogP contribution in [0.2, 0.25) is 12.6 Å². The van der Waals surface area contributed by atoms with Crippen LogP contribution in [0.1, 0.15) is 6.42 Å². The fourth-order valence-electron chi connectivity index (χ4n) is 1.83. The SMILES string of the molecule is C=C[Si](C)(C=C)CCCN(C(=O)F)c1ccccc1. The molecule has 0 unspecified atom stereocenters. The summed E-state index contributed by atoms with van der Waals surface area (Å²) in [4.78, 5) is 12.2. The quantitative estimate of drug-likeness (QED) is 0.408. The molecular formula is C15H20FNOSi. The molecular weight excluding hydrogens is 257 g/mol. The number of rotatable bonds is 7. The van der Waals surface area contributed by atoms with Gasteiger partial charge in [-0.25, -0.2) is 4.79 Å². The molecule has 2 nitrogen and oxygen atoms in total. The summed E-state index contributed by atoms with van der Waals surface area (Å²) in [5.74, 6) is 0. The molecule has 0 spiro atoms. The van der Waals surface area contributed by atoms with Gasteiger partial charge in [0, 0.05) is 12.2 Å². The Bertz CT molecular complexity index is 439. The third-order valence-electron chi connectivity index (χ3n) is 3.31. The number of hydrogen-bond acceptors (Lipinski definition) is 1. The lowest BCUT2D eigenvalue weighted by atomic mass is 10.3. The van der Waals surface area contributed by atoms with Gasteiger partial charge in [-0.2, -0.15) is 0 Å². The number of benzene rings is 1. The number of nitrogens with zero attached hydrogens (tertiary/aromatic N) is 1. The van der Waals surface area contributed by atoms with Gasteiger partial charge in [0.25, 0.3) is 0 Å². The molecule has 0 fully saturated rings. The van der Waals surface area contributed by atoms with Gasteiger partial charge in [0.15, 0.2) is 0 Å². The van der Waals surface area contributed by atoms with Crippen molar-refractivity contribution in [1.82, 2.24) is 0 Å². The number of carbonyl (C=O) groups is 1. The average Bonchev–Trinajstić information content (AvgIpc) is 2.44. The molecule has 102 valence electrons. The van der Waals surface area contributed by atoms with Gasteiger partial charge in [0.2, 0.25) is 0 Å². The van der Waals surface area contributed by atoms with E-state index in [2.05, 4.69) is 19.7 Å². The Kier molecular flexibility index (Phi) is 5.70. The Morgan fingerprint density at radius 1 is 1.32 bits per heavy atom. The van der Waals surface area contributed by atoms with Gasteiger partial charge < -0.3 is 0 Å².